The molecule has 1 N–H and O–H groups in total. The topological polar surface area (TPSA) is 75.7 Å². The van der Waals surface area contributed by atoms with Crippen molar-refractivity contribution in [1.29, 1.82) is 0 Å². The fourth-order valence-corrected chi connectivity index (χ4v) is 5.25. The summed E-state index contributed by atoms with van der Waals surface area (Å²) in [6.07, 6.45) is 1.65. The molecule has 1 heterocycles. The number of amides is 1. The molecule has 6 nitrogen and oxygen atoms in total. The number of halogens is 1. The summed E-state index contributed by atoms with van der Waals surface area (Å²) in [5, 5.41) is 3.40. The van der Waals surface area contributed by atoms with Crippen LogP contribution in [0.5, 0.6) is 5.75 Å². The van der Waals surface area contributed by atoms with Crippen LogP contribution in [0.15, 0.2) is 77.7 Å². The highest BCUT2D eigenvalue weighted by molar-refractivity contribution is 7.92. The minimum atomic E-state index is -3.68. The van der Waals surface area contributed by atoms with E-state index >= 15 is 0 Å². The van der Waals surface area contributed by atoms with Crippen LogP contribution in [0.25, 0.3) is 0 Å². The lowest BCUT2D eigenvalue weighted by atomic mass is 10.0. The van der Waals surface area contributed by atoms with E-state index in [4.69, 9.17) is 16.3 Å². The lowest BCUT2D eigenvalue weighted by molar-refractivity contribution is -0.123. The number of fused-ring (bicyclic) bond motifs is 1. The summed E-state index contributed by atoms with van der Waals surface area (Å²) in [6.45, 7) is 0.651. The van der Waals surface area contributed by atoms with Crippen LogP contribution in [-0.4, -0.2) is 27.5 Å². The van der Waals surface area contributed by atoms with E-state index in [-0.39, 0.29) is 17.4 Å². The van der Waals surface area contributed by atoms with Crippen molar-refractivity contribution in [2.75, 3.05) is 17.5 Å². The van der Waals surface area contributed by atoms with Gasteiger partial charge in [0.25, 0.3) is 15.9 Å². The molecule has 0 spiro atoms. The van der Waals surface area contributed by atoms with E-state index in [2.05, 4.69) is 5.32 Å². The Morgan fingerprint density at radius 2 is 1.72 bits per heavy atom. The zero-order valence-corrected chi connectivity index (χ0v) is 18.9. The molecule has 8 heteroatoms. The molecule has 1 amide bonds. The summed E-state index contributed by atoms with van der Waals surface area (Å²) < 4.78 is 33.3. The number of anilines is 1. The number of ether oxygens (including phenoxy) is 1. The smallest absolute Gasteiger partial charge is 0.264 e. The van der Waals surface area contributed by atoms with Gasteiger partial charge >= 0.3 is 0 Å². The molecule has 0 fully saturated rings. The SMILES string of the molecule is O=C(COc1ccc(S(=O)(=O)N2CCCc3ccccc32)cc1)NCc1ccc(Cl)cc1. The molecule has 0 bridgehead atoms. The maximum Gasteiger partial charge on any atom is 0.264 e. The summed E-state index contributed by atoms with van der Waals surface area (Å²) in [7, 11) is -3.68. The Morgan fingerprint density at radius 3 is 2.47 bits per heavy atom. The molecule has 3 aromatic carbocycles. The molecule has 0 aliphatic carbocycles. The van der Waals surface area contributed by atoms with Gasteiger partial charge in [-0.25, -0.2) is 8.42 Å². The first-order chi connectivity index (χ1) is 15.4. The van der Waals surface area contributed by atoms with Crippen molar-refractivity contribution in [3.63, 3.8) is 0 Å². The molecular weight excluding hydrogens is 448 g/mol. The maximum absolute atomic E-state index is 13.2. The van der Waals surface area contributed by atoms with E-state index in [0.717, 1.165) is 29.7 Å². The number of carbonyl (C=O) groups excluding carboxylic acids is 1. The van der Waals surface area contributed by atoms with Crippen LogP contribution in [0, 0.1) is 0 Å². The largest absolute Gasteiger partial charge is 0.484 e. The quantitative estimate of drug-likeness (QED) is 0.562. The van der Waals surface area contributed by atoms with Crippen LogP contribution in [0.3, 0.4) is 0 Å². The van der Waals surface area contributed by atoms with Crippen LogP contribution >= 0.6 is 11.6 Å². The van der Waals surface area contributed by atoms with Gasteiger partial charge in [0.15, 0.2) is 6.61 Å². The molecule has 1 aliphatic rings. The lowest BCUT2D eigenvalue weighted by Crippen LogP contribution is -2.35. The molecule has 166 valence electrons. The van der Waals surface area contributed by atoms with E-state index in [0.29, 0.717) is 23.9 Å². The predicted molar refractivity (Wildman–Crippen MR) is 125 cm³/mol. The van der Waals surface area contributed by atoms with Gasteiger partial charge in [0, 0.05) is 18.1 Å². The number of nitrogens with zero attached hydrogens (tertiary/aromatic N) is 1. The summed E-state index contributed by atoms with van der Waals surface area (Å²) in [5.41, 5.74) is 2.69. The van der Waals surface area contributed by atoms with Gasteiger partial charge in [0.1, 0.15) is 5.75 Å². The number of nitrogens with one attached hydrogen (secondary N) is 1. The zero-order chi connectivity index (χ0) is 22.6. The summed E-state index contributed by atoms with van der Waals surface area (Å²) in [4.78, 5) is 12.2. The van der Waals surface area contributed by atoms with Crippen LogP contribution in [0.2, 0.25) is 5.02 Å². The van der Waals surface area contributed by atoms with Gasteiger partial charge in [-0.1, -0.05) is 41.9 Å². The average Bonchev–Trinajstić information content (AvgIpc) is 2.82. The highest BCUT2D eigenvalue weighted by Gasteiger charge is 2.28. The zero-order valence-electron chi connectivity index (χ0n) is 17.3. The normalized spacial score (nSPS) is 13.3. The number of carbonyl (C=O) groups is 1. The minimum Gasteiger partial charge on any atom is -0.484 e. The Balaban J connectivity index is 1.36. The molecule has 0 aromatic heterocycles. The Labute approximate surface area is 192 Å². The Bertz CT molecular complexity index is 1200. The van der Waals surface area contributed by atoms with E-state index < -0.39 is 10.0 Å². The van der Waals surface area contributed by atoms with Gasteiger partial charge in [-0.15, -0.1) is 0 Å². The summed E-state index contributed by atoms with van der Waals surface area (Å²) >= 11 is 5.85. The van der Waals surface area contributed by atoms with Gasteiger partial charge in [-0.05, 0) is 66.4 Å². The van der Waals surface area contributed by atoms with Gasteiger partial charge in [0.05, 0.1) is 10.6 Å². The molecule has 3 aromatic rings. The van der Waals surface area contributed by atoms with Crippen LogP contribution in [0.4, 0.5) is 5.69 Å². The fourth-order valence-electron chi connectivity index (χ4n) is 3.59. The van der Waals surface area contributed by atoms with Gasteiger partial charge in [-0.3, -0.25) is 9.10 Å². The number of sulfonamides is 1. The van der Waals surface area contributed by atoms with Crippen LogP contribution in [0.1, 0.15) is 17.5 Å². The number of para-hydroxylation sites is 1. The Morgan fingerprint density at radius 1 is 1.00 bits per heavy atom. The molecular formula is C24H23ClN2O4S. The first kappa shape index (κ1) is 22.2. The van der Waals surface area contributed by atoms with Gasteiger partial charge in [-0.2, -0.15) is 0 Å². The number of hydrogen-bond donors (Lipinski definition) is 1. The van der Waals surface area contributed by atoms with Crippen molar-refractivity contribution >= 4 is 33.2 Å². The Hall–Kier alpha value is -3.03. The number of rotatable bonds is 7. The molecule has 0 radical (unpaired) electrons. The number of aryl methyl sites for hydroxylation is 1. The second-order valence-corrected chi connectivity index (χ2v) is 9.77. The first-order valence-electron chi connectivity index (χ1n) is 10.3. The van der Waals surface area contributed by atoms with Crippen molar-refractivity contribution in [2.45, 2.75) is 24.3 Å². The first-order valence-corrected chi connectivity index (χ1v) is 12.1. The summed E-state index contributed by atoms with van der Waals surface area (Å²) in [5.74, 6) is 0.145. The lowest BCUT2D eigenvalue weighted by Gasteiger charge is -2.30. The molecule has 1 aliphatic heterocycles. The van der Waals surface area contributed by atoms with Crippen LogP contribution < -0.4 is 14.4 Å². The third kappa shape index (κ3) is 5.06. The highest BCUT2D eigenvalue weighted by atomic mass is 35.5. The average molecular weight is 471 g/mol. The van der Waals surface area contributed by atoms with E-state index in [1.165, 1.54) is 16.4 Å². The van der Waals surface area contributed by atoms with Gasteiger partial charge in [0.2, 0.25) is 0 Å². The summed E-state index contributed by atoms with van der Waals surface area (Å²) in [6, 6.07) is 20.9. The second-order valence-electron chi connectivity index (χ2n) is 7.47. The predicted octanol–water partition coefficient (Wildman–Crippen LogP) is 4.18. The highest BCUT2D eigenvalue weighted by Crippen LogP contribution is 2.32. The molecule has 0 atom stereocenters. The maximum atomic E-state index is 13.2. The van der Waals surface area contributed by atoms with Crippen LogP contribution in [-0.2, 0) is 27.8 Å². The van der Waals surface area contributed by atoms with Crippen molar-refractivity contribution in [2.24, 2.45) is 0 Å². The van der Waals surface area contributed by atoms with E-state index in [9.17, 15) is 13.2 Å². The van der Waals surface area contributed by atoms with E-state index in [1.807, 2.05) is 36.4 Å². The third-order valence-corrected chi connectivity index (χ3v) is 7.33. The fraction of sp³-hybridized carbons (Fsp3) is 0.208. The monoisotopic (exact) mass is 470 g/mol. The van der Waals surface area contributed by atoms with Crippen molar-refractivity contribution in [1.82, 2.24) is 5.32 Å². The third-order valence-electron chi connectivity index (χ3n) is 5.25. The van der Waals surface area contributed by atoms with Crippen molar-refractivity contribution < 1.29 is 17.9 Å². The molecule has 32 heavy (non-hydrogen) atoms. The van der Waals surface area contributed by atoms with E-state index in [1.54, 1.807) is 24.3 Å². The standard InChI is InChI=1S/C24H23ClN2O4S/c25-20-9-7-18(8-10-20)16-26-24(28)17-31-21-11-13-22(14-12-21)32(29,30)27-15-3-5-19-4-1-2-6-23(19)27/h1-2,4,6-14H,3,5,15-17H2,(H,26,28). The minimum absolute atomic E-state index is 0.167. The van der Waals surface area contributed by atoms with Gasteiger partial charge < -0.3 is 10.1 Å². The molecule has 0 unspecified atom stereocenters. The van der Waals surface area contributed by atoms with Crippen molar-refractivity contribution in [3.05, 3.63) is 88.9 Å². The van der Waals surface area contributed by atoms with Crippen molar-refractivity contribution in [3.8, 4) is 5.75 Å². The number of benzene rings is 3. The second kappa shape index (κ2) is 9.63. The molecule has 0 saturated carbocycles. The Kier molecular flexibility index (Phi) is 6.67. The molecule has 0 saturated heterocycles. The number of hydrogen-bond acceptors (Lipinski definition) is 4. The molecule has 4 rings (SSSR count).